The lowest BCUT2D eigenvalue weighted by Crippen LogP contribution is -2.35. The molecule has 6 heteroatoms. The largest absolute Gasteiger partial charge is 0.393 e. The zero-order chi connectivity index (χ0) is 10.6. The van der Waals surface area contributed by atoms with E-state index in [-0.39, 0.29) is 10.9 Å². The lowest BCUT2D eigenvalue weighted by molar-refractivity contribution is -0.122. The lowest BCUT2D eigenvalue weighted by Gasteiger charge is -2.09. The van der Waals surface area contributed by atoms with Gasteiger partial charge in [0.05, 0.1) is 17.1 Å². The second kappa shape index (κ2) is 4.71. The summed E-state index contributed by atoms with van der Waals surface area (Å²) in [4.78, 5) is 11.6. The Morgan fingerprint density at radius 1 is 1.86 bits per heavy atom. The molecule has 1 heterocycles. The van der Waals surface area contributed by atoms with E-state index in [0.29, 0.717) is 6.54 Å². The van der Waals surface area contributed by atoms with E-state index in [2.05, 4.69) is 15.5 Å². The maximum atomic E-state index is 11.4. The summed E-state index contributed by atoms with van der Waals surface area (Å²) in [6.45, 7) is 2.11. The second-order valence-corrected chi connectivity index (χ2v) is 3.42. The van der Waals surface area contributed by atoms with Crippen LogP contribution in [0, 0.1) is 5.92 Å². The van der Waals surface area contributed by atoms with Crippen LogP contribution in [-0.4, -0.2) is 21.1 Å². The van der Waals surface area contributed by atoms with Gasteiger partial charge in [0.15, 0.2) is 0 Å². The third kappa shape index (κ3) is 2.81. The van der Waals surface area contributed by atoms with Crippen LogP contribution < -0.4 is 11.1 Å². The summed E-state index contributed by atoms with van der Waals surface area (Å²) in [6.07, 6.45) is 3.36. The van der Waals surface area contributed by atoms with Crippen molar-refractivity contribution in [3.05, 3.63) is 18.0 Å². The summed E-state index contributed by atoms with van der Waals surface area (Å²) in [5.41, 5.74) is 6.25. The van der Waals surface area contributed by atoms with Crippen LogP contribution in [-0.2, 0) is 11.3 Å². The number of aromatic amines is 1. The predicted molar refractivity (Wildman–Crippen MR) is 56.4 cm³/mol. The summed E-state index contributed by atoms with van der Waals surface area (Å²) < 4.78 is 0. The fourth-order valence-corrected chi connectivity index (χ4v) is 0.953. The van der Waals surface area contributed by atoms with Crippen molar-refractivity contribution in [3.63, 3.8) is 0 Å². The van der Waals surface area contributed by atoms with E-state index in [4.69, 9.17) is 18.0 Å². The highest BCUT2D eigenvalue weighted by molar-refractivity contribution is 7.80. The summed E-state index contributed by atoms with van der Waals surface area (Å²) in [5.74, 6) is -0.601. The van der Waals surface area contributed by atoms with Gasteiger partial charge in [-0.15, -0.1) is 0 Å². The molecule has 1 aromatic rings. The highest BCUT2D eigenvalue weighted by atomic mass is 32.1. The van der Waals surface area contributed by atoms with E-state index in [1.165, 1.54) is 0 Å². The number of aromatic nitrogens is 2. The van der Waals surface area contributed by atoms with Crippen molar-refractivity contribution >= 4 is 23.1 Å². The number of hydrogen-bond acceptors (Lipinski definition) is 3. The molecule has 0 saturated carbocycles. The monoisotopic (exact) mass is 212 g/mol. The fraction of sp³-hybridized carbons (Fsp3) is 0.375. The van der Waals surface area contributed by atoms with Crippen molar-refractivity contribution in [1.82, 2.24) is 15.5 Å². The molecule has 1 unspecified atom stereocenters. The standard InChI is InChI=1S/C8H12N4OS/c1-5(7(9)14)8(13)10-2-6-3-11-12-4-6/h3-5H,2H2,1H3,(H2,9,14)(H,10,13)(H,11,12). The minimum Gasteiger partial charge on any atom is -0.393 e. The molecule has 5 nitrogen and oxygen atoms in total. The van der Waals surface area contributed by atoms with Crippen molar-refractivity contribution in [3.8, 4) is 0 Å². The molecule has 1 aromatic heterocycles. The van der Waals surface area contributed by atoms with Crippen molar-refractivity contribution in [1.29, 1.82) is 0 Å². The van der Waals surface area contributed by atoms with Crippen molar-refractivity contribution < 1.29 is 4.79 Å². The van der Waals surface area contributed by atoms with E-state index < -0.39 is 5.92 Å². The highest BCUT2D eigenvalue weighted by Crippen LogP contribution is 1.97. The number of nitrogens with zero attached hydrogens (tertiary/aromatic N) is 1. The van der Waals surface area contributed by atoms with Gasteiger partial charge in [-0.2, -0.15) is 5.10 Å². The molecular weight excluding hydrogens is 200 g/mol. The minimum absolute atomic E-state index is 0.168. The van der Waals surface area contributed by atoms with E-state index in [1.807, 2.05) is 0 Å². The Kier molecular flexibility index (Phi) is 3.58. The minimum atomic E-state index is -0.433. The molecule has 0 aliphatic carbocycles. The van der Waals surface area contributed by atoms with Gasteiger partial charge in [-0.05, 0) is 6.92 Å². The molecule has 0 fully saturated rings. The van der Waals surface area contributed by atoms with Crippen LogP contribution in [0.25, 0.3) is 0 Å². The first kappa shape index (κ1) is 10.6. The van der Waals surface area contributed by atoms with Crippen LogP contribution in [0.15, 0.2) is 12.4 Å². The molecule has 0 spiro atoms. The van der Waals surface area contributed by atoms with Crippen molar-refractivity contribution in [2.45, 2.75) is 13.5 Å². The zero-order valence-electron chi connectivity index (χ0n) is 7.78. The van der Waals surface area contributed by atoms with Gasteiger partial charge in [0.1, 0.15) is 0 Å². The Bertz CT molecular complexity index is 322. The van der Waals surface area contributed by atoms with Gasteiger partial charge in [-0.3, -0.25) is 9.89 Å². The van der Waals surface area contributed by atoms with Gasteiger partial charge in [0, 0.05) is 18.3 Å². The number of amides is 1. The summed E-state index contributed by atoms with van der Waals surface area (Å²) >= 11 is 4.71. The fourth-order valence-electron chi connectivity index (χ4n) is 0.846. The van der Waals surface area contributed by atoms with Gasteiger partial charge in [-0.25, -0.2) is 0 Å². The second-order valence-electron chi connectivity index (χ2n) is 2.95. The maximum absolute atomic E-state index is 11.4. The number of rotatable bonds is 4. The number of thiocarbonyl (C=S) groups is 1. The molecular formula is C8H12N4OS. The Labute approximate surface area is 87.1 Å². The average molecular weight is 212 g/mol. The van der Waals surface area contributed by atoms with Gasteiger partial charge in [0.25, 0.3) is 0 Å². The third-order valence-electron chi connectivity index (χ3n) is 1.84. The summed E-state index contributed by atoms with van der Waals surface area (Å²) in [5, 5.41) is 9.11. The molecule has 0 radical (unpaired) electrons. The first-order chi connectivity index (χ1) is 6.61. The smallest absolute Gasteiger partial charge is 0.229 e. The van der Waals surface area contributed by atoms with Crippen molar-refractivity contribution in [2.75, 3.05) is 0 Å². The van der Waals surface area contributed by atoms with Gasteiger partial charge in [-0.1, -0.05) is 12.2 Å². The number of hydrogen-bond donors (Lipinski definition) is 3. The van der Waals surface area contributed by atoms with Crippen LogP contribution >= 0.6 is 12.2 Å². The quantitative estimate of drug-likeness (QED) is 0.611. The molecule has 0 saturated heterocycles. The van der Waals surface area contributed by atoms with Crippen LogP contribution in [0.3, 0.4) is 0 Å². The first-order valence-electron chi connectivity index (χ1n) is 4.16. The molecule has 0 aliphatic heterocycles. The number of H-pyrrole nitrogens is 1. The molecule has 1 atom stereocenters. The van der Waals surface area contributed by atoms with Crippen molar-refractivity contribution in [2.24, 2.45) is 11.7 Å². The van der Waals surface area contributed by atoms with E-state index >= 15 is 0 Å². The average Bonchev–Trinajstić information content (AvgIpc) is 2.65. The van der Waals surface area contributed by atoms with Gasteiger partial charge < -0.3 is 11.1 Å². The molecule has 0 aliphatic rings. The Hall–Kier alpha value is -1.43. The first-order valence-corrected chi connectivity index (χ1v) is 4.56. The predicted octanol–water partition coefficient (Wildman–Crippen LogP) is -0.0519. The third-order valence-corrected chi connectivity index (χ3v) is 2.20. The molecule has 76 valence electrons. The van der Waals surface area contributed by atoms with Crippen LogP contribution in [0.4, 0.5) is 0 Å². The van der Waals surface area contributed by atoms with Gasteiger partial charge in [0.2, 0.25) is 5.91 Å². The highest BCUT2D eigenvalue weighted by Gasteiger charge is 2.14. The number of carbonyl (C=O) groups is 1. The number of carbonyl (C=O) groups excluding carboxylic acids is 1. The summed E-state index contributed by atoms with van der Waals surface area (Å²) in [6, 6.07) is 0. The van der Waals surface area contributed by atoms with Crippen LogP contribution in [0.5, 0.6) is 0 Å². The van der Waals surface area contributed by atoms with E-state index in [1.54, 1.807) is 19.3 Å². The Morgan fingerprint density at radius 3 is 3.07 bits per heavy atom. The lowest BCUT2D eigenvalue weighted by atomic mass is 10.1. The molecule has 1 rings (SSSR count). The van der Waals surface area contributed by atoms with Gasteiger partial charge >= 0.3 is 0 Å². The number of nitrogens with one attached hydrogen (secondary N) is 2. The Morgan fingerprint density at radius 2 is 2.57 bits per heavy atom. The number of nitrogens with two attached hydrogens (primary N) is 1. The maximum Gasteiger partial charge on any atom is 0.229 e. The van der Waals surface area contributed by atoms with Crippen LogP contribution in [0.2, 0.25) is 0 Å². The topological polar surface area (TPSA) is 83.8 Å². The van der Waals surface area contributed by atoms with Crippen LogP contribution in [0.1, 0.15) is 12.5 Å². The molecule has 4 N–H and O–H groups in total. The molecule has 0 aromatic carbocycles. The Balaban J connectivity index is 2.39. The SMILES string of the molecule is CC(C(=O)NCc1cn[nH]c1)C(N)=S. The molecule has 14 heavy (non-hydrogen) atoms. The molecule has 0 bridgehead atoms. The van der Waals surface area contributed by atoms with E-state index in [0.717, 1.165) is 5.56 Å². The van der Waals surface area contributed by atoms with E-state index in [9.17, 15) is 4.79 Å². The summed E-state index contributed by atoms with van der Waals surface area (Å²) in [7, 11) is 0. The molecule has 1 amide bonds. The zero-order valence-corrected chi connectivity index (χ0v) is 8.60. The normalized spacial score (nSPS) is 12.1.